The molecule has 2 aromatic carbocycles. The number of carbonyl (C=O) groups excluding carboxylic acids is 1. The molecule has 3 heterocycles. The number of aromatic nitrogens is 1. The first-order valence-corrected chi connectivity index (χ1v) is 10.2. The van der Waals surface area contributed by atoms with Crippen molar-refractivity contribution in [3.05, 3.63) is 101 Å². The van der Waals surface area contributed by atoms with Crippen molar-refractivity contribution < 1.29 is 22.7 Å². The molecule has 0 fully saturated rings. The molecular weight excluding hydrogens is 447 g/mol. The zero-order valence-electron chi connectivity index (χ0n) is 17.5. The summed E-state index contributed by atoms with van der Waals surface area (Å²) in [7, 11) is 0. The van der Waals surface area contributed by atoms with Crippen molar-refractivity contribution in [1.29, 1.82) is 0 Å². The Morgan fingerprint density at radius 1 is 1.06 bits per heavy atom. The number of hydrazone groups is 1. The molecule has 1 N–H and O–H groups in total. The first-order chi connectivity index (χ1) is 16.5. The Hall–Kier alpha value is -4.47. The molecule has 0 aliphatic carbocycles. The van der Waals surface area contributed by atoms with Gasteiger partial charge in [-0.25, -0.2) is 13.2 Å². The fourth-order valence-corrected chi connectivity index (χ4v) is 3.66. The molecule has 0 radical (unpaired) electrons. The smallest absolute Gasteiger partial charge is 0.261 e. The quantitative estimate of drug-likeness (QED) is 0.619. The number of hydrogen-bond donors (Lipinski definition) is 1. The van der Waals surface area contributed by atoms with Gasteiger partial charge in [0.05, 0.1) is 6.54 Å². The van der Waals surface area contributed by atoms with Crippen LogP contribution < -0.4 is 10.1 Å². The predicted octanol–water partition coefficient (Wildman–Crippen LogP) is 4.47. The second kappa shape index (κ2) is 8.81. The lowest BCUT2D eigenvalue weighted by Gasteiger charge is -2.21. The lowest BCUT2D eigenvalue weighted by atomic mass is 10.0. The average Bonchev–Trinajstić information content (AvgIpc) is 3.27. The number of rotatable bonds is 4. The van der Waals surface area contributed by atoms with Crippen molar-refractivity contribution in [3.63, 3.8) is 0 Å². The summed E-state index contributed by atoms with van der Waals surface area (Å²) in [5.41, 5.74) is 0.832. The molecule has 10 heteroatoms. The van der Waals surface area contributed by atoms with Crippen LogP contribution in [0.15, 0.2) is 82.8 Å². The number of anilines is 1. The highest BCUT2D eigenvalue weighted by Gasteiger charge is 2.31. The maximum atomic E-state index is 14.7. The summed E-state index contributed by atoms with van der Waals surface area (Å²) in [6.07, 6.45) is 6.69. The van der Waals surface area contributed by atoms with Gasteiger partial charge < -0.3 is 10.1 Å². The molecule has 0 saturated carbocycles. The van der Waals surface area contributed by atoms with Crippen LogP contribution in [0.1, 0.15) is 21.8 Å². The Kier molecular flexibility index (Phi) is 5.54. The number of fused-ring (bicyclic) bond motifs is 1. The number of halogens is 3. The lowest BCUT2D eigenvalue weighted by Crippen LogP contribution is -2.27. The first kappa shape index (κ1) is 21.4. The van der Waals surface area contributed by atoms with Crippen molar-refractivity contribution in [3.8, 4) is 5.75 Å². The maximum Gasteiger partial charge on any atom is 0.261 e. The van der Waals surface area contributed by atoms with Crippen LogP contribution in [0.25, 0.3) is 0 Å². The topological polar surface area (TPSA) is 79.2 Å². The largest absolute Gasteiger partial charge is 0.434 e. The molecule has 1 unspecified atom stereocenters. The van der Waals surface area contributed by atoms with Crippen LogP contribution in [0, 0.1) is 17.5 Å². The van der Waals surface area contributed by atoms with E-state index in [2.05, 4.69) is 20.4 Å². The van der Waals surface area contributed by atoms with Crippen LogP contribution in [-0.2, 0) is 0 Å². The van der Waals surface area contributed by atoms with Crippen molar-refractivity contribution >= 4 is 23.8 Å². The summed E-state index contributed by atoms with van der Waals surface area (Å²) < 4.78 is 48.1. The van der Waals surface area contributed by atoms with E-state index in [1.165, 1.54) is 18.5 Å². The monoisotopic (exact) mass is 463 g/mol. The van der Waals surface area contributed by atoms with Gasteiger partial charge in [-0.15, -0.1) is 0 Å². The van der Waals surface area contributed by atoms with Crippen molar-refractivity contribution in [2.24, 2.45) is 10.1 Å². The summed E-state index contributed by atoms with van der Waals surface area (Å²) >= 11 is 0. The van der Waals surface area contributed by atoms with Crippen LogP contribution in [-0.4, -0.2) is 34.7 Å². The van der Waals surface area contributed by atoms with Gasteiger partial charge in [0.2, 0.25) is 5.90 Å². The van der Waals surface area contributed by atoms with E-state index in [9.17, 15) is 18.0 Å². The molecular formula is C24H16F3N5O2. The Morgan fingerprint density at radius 3 is 2.62 bits per heavy atom. The standard InChI is InChI=1S/C24H16F3N5O2/c25-17-4-1-5-18(26)22(17)23(33)31-16-6-7-21(19(27)10-16)34-24-20-9-15(12-32(20)30-13-29-24)14-3-2-8-28-11-14/h1-11,13,15H,12H2,(H,31,33). The minimum absolute atomic E-state index is 0.00278. The fraction of sp³-hybridized carbons (Fsp3) is 0.0833. The van der Waals surface area contributed by atoms with Crippen LogP contribution in [0.5, 0.6) is 5.75 Å². The second-order valence-corrected chi connectivity index (χ2v) is 7.49. The Balaban J connectivity index is 1.33. The number of ether oxygens (including phenoxy) is 1. The maximum absolute atomic E-state index is 14.7. The van der Waals surface area contributed by atoms with Gasteiger partial charge in [-0.05, 0) is 42.0 Å². The molecule has 0 saturated heterocycles. The molecule has 34 heavy (non-hydrogen) atoms. The normalized spacial score (nSPS) is 16.6. The number of carbonyl (C=O) groups is 1. The number of aliphatic imine (C=N–C) groups is 1. The van der Waals surface area contributed by atoms with Gasteiger partial charge in [-0.1, -0.05) is 12.1 Å². The first-order valence-electron chi connectivity index (χ1n) is 10.2. The average molecular weight is 463 g/mol. The summed E-state index contributed by atoms with van der Waals surface area (Å²) in [5.74, 6) is -3.85. The van der Waals surface area contributed by atoms with Crippen molar-refractivity contribution in [2.45, 2.75) is 5.92 Å². The molecule has 3 aromatic rings. The van der Waals surface area contributed by atoms with Crippen LogP contribution in [0.3, 0.4) is 0 Å². The van der Waals surface area contributed by atoms with Gasteiger partial charge in [-0.3, -0.25) is 14.8 Å². The van der Waals surface area contributed by atoms with Gasteiger partial charge in [0.1, 0.15) is 29.2 Å². The second-order valence-electron chi connectivity index (χ2n) is 7.49. The summed E-state index contributed by atoms with van der Waals surface area (Å²) in [4.78, 5) is 20.5. The van der Waals surface area contributed by atoms with E-state index >= 15 is 0 Å². The number of benzene rings is 2. The molecule has 2 aliphatic rings. The van der Waals surface area contributed by atoms with E-state index in [0.29, 0.717) is 12.2 Å². The molecule has 2 aliphatic heterocycles. The van der Waals surface area contributed by atoms with E-state index < -0.39 is 28.9 Å². The summed E-state index contributed by atoms with van der Waals surface area (Å²) in [6.45, 7) is 0.556. The van der Waals surface area contributed by atoms with Crippen molar-refractivity contribution in [1.82, 2.24) is 9.99 Å². The third kappa shape index (κ3) is 4.13. The highest BCUT2D eigenvalue weighted by Crippen LogP contribution is 2.32. The minimum Gasteiger partial charge on any atom is -0.434 e. The van der Waals surface area contributed by atoms with Gasteiger partial charge >= 0.3 is 0 Å². The lowest BCUT2D eigenvalue weighted by molar-refractivity contribution is 0.101. The highest BCUT2D eigenvalue weighted by atomic mass is 19.1. The molecule has 7 nitrogen and oxygen atoms in total. The van der Waals surface area contributed by atoms with Crippen LogP contribution >= 0.6 is 0 Å². The molecule has 0 spiro atoms. The van der Waals surface area contributed by atoms with Gasteiger partial charge in [0, 0.05) is 30.1 Å². The predicted molar refractivity (Wildman–Crippen MR) is 119 cm³/mol. The zero-order chi connectivity index (χ0) is 23.7. The molecule has 0 bridgehead atoms. The molecule has 170 valence electrons. The van der Waals surface area contributed by atoms with Gasteiger partial charge in [0.15, 0.2) is 11.6 Å². The molecule has 1 aromatic heterocycles. The van der Waals surface area contributed by atoms with Crippen LogP contribution in [0.4, 0.5) is 18.9 Å². The summed E-state index contributed by atoms with van der Waals surface area (Å²) in [5, 5.41) is 8.21. The van der Waals surface area contributed by atoms with Gasteiger partial charge in [0.25, 0.3) is 5.91 Å². The van der Waals surface area contributed by atoms with Gasteiger partial charge in [-0.2, -0.15) is 10.1 Å². The Labute approximate surface area is 191 Å². The molecule has 1 atom stereocenters. The number of amides is 1. The SMILES string of the molecule is O=C(Nc1ccc(OC2=NC=NN3CC(c4cccnc4)C=C23)c(F)c1)c1c(F)cccc1F. The van der Waals surface area contributed by atoms with E-state index in [-0.39, 0.29) is 23.3 Å². The number of nitrogens with one attached hydrogen (secondary N) is 1. The van der Waals surface area contributed by atoms with E-state index in [1.807, 2.05) is 18.2 Å². The van der Waals surface area contributed by atoms with E-state index in [4.69, 9.17) is 4.74 Å². The number of pyridine rings is 1. The number of nitrogens with zero attached hydrogens (tertiary/aromatic N) is 4. The molecule has 5 rings (SSSR count). The highest BCUT2D eigenvalue weighted by molar-refractivity contribution is 6.04. The Morgan fingerprint density at radius 2 is 1.88 bits per heavy atom. The van der Waals surface area contributed by atoms with Crippen molar-refractivity contribution in [2.75, 3.05) is 11.9 Å². The number of hydrogen-bond acceptors (Lipinski definition) is 6. The van der Waals surface area contributed by atoms with Crippen LogP contribution in [0.2, 0.25) is 0 Å². The molecule has 1 amide bonds. The zero-order valence-corrected chi connectivity index (χ0v) is 17.5. The summed E-state index contributed by atoms with van der Waals surface area (Å²) in [6, 6.07) is 10.5. The minimum atomic E-state index is -1.04. The van der Waals surface area contributed by atoms with E-state index in [1.54, 1.807) is 17.4 Å². The van der Waals surface area contributed by atoms with E-state index in [0.717, 1.165) is 29.8 Å². The third-order valence-corrected chi connectivity index (χ3v) is 5.29. The Bertz CT molecular complexity index is 1340. The fourth-order valence-electron chi connectivity index (χ4n) is 3.66. The third-order valence-electron chi connectivity index (χ3n) is 5.29.